The highest BCUT2D eigenvalue weighted by molar-refractivity contribution is 6.05. The van der Waals surface area contributed by atoms with Gasteiger partial charge in [-0.1, -0.05) is 37.5 Å². The van der Waals surface area contributed by atoms with E-state index in [2.05, 4.69) is 23.6 Å². The van der Waals surface area contributed by atoms with Gasteiger partial charge >= 0.3 is 0 Å². The second-order valence-electron chi connectivity index (χ2n) is 9.62. The lowest BCUT2D eigenvalue weighted by atomic mass is 9.95. The van der Waals surface area contributed by atoms with Crippen molar-refractivity contribution in [2.45, 2.75) is 71.3 Å². The molecule has 0 atom stereocenters. The Labute approximate surface area is 200 Å². The molecule has 2 N–H and O–H groups in total. The van der Waals surface area contributed by atoms with E-state index in [0.29, 0.717) is 16.9 Å². The van der Waals surface area contributed by atoms with Gasteiger partial charge in [0.1, 0.15) is 0 Å². The lowest BCUT2D eigenvalue weighted by Gasteiger charge is -2.23. The van der Waals surface area contributed by atoms with Crippen LogP contribution < -0.4 is 10.6 Å². The number of carbonyl (C=O) groups is 2. The fraction of sp³-hybridized carbons (Fsp3) is 0.393. The number of anilines is 1. The third-order valence-electron chi connectivity index (χ3n) is 7.17. The predicted molar refractivity (Wildman–Crippen MR) is 134 cm³/mol. The molecule has 0 radical (unpaired) electrons. The summed E-state index contributed by atoms with van der Waals surface area (Å²) in [6.45, 7) is 3.98. The van der Waals surface area contributed by atoms with E-state index in [-0.39, 0.29) is 17.9 Å². The van der Waals surface area contributed by atoms with Gasteiger partial charge in [0.25, 0.3) is 11.8 Å². The second kappa shape index (κ2) is 9.45. The summed E-state index contributed by atoms with van der Waals surface area (Å²) in [5.74, 6) is -0.240. The number of amides is 2. The number of aromatic nitrogens is 2. The lowest BCUT2D eigenvalue weighted by molar-refractivity contribution is 0.0927. The van der Waals surface area contributed by atoms with Crippen LogP contribution in [-0.4, -0.2) is 27.6 Å². The van der Waals surface area contributed by atoms with Crippen molar-refractivity contribution >= 4 is 17.5 Å². The van der Waals surface area contributed by atoms with Gasteiger partial charge in [0.2, 0.25) is 0 Å². The first kappa shape index (κ1) is 22.4. The molecule has 6 nitrogen and oxygen atoms in total. The maximum Gasteiger partial charge on any atom is 0.276 e. The number of para-hydroxylation sites is 1. The van der Waals surface area contributed by atoms with Crippen LogP contribution in [0, 0.1) is 13.8 Å². The van der Waals surface area contributed by atoms with E-state index in [1.54, 1.807) is 6.07 Å². The number of hydrogen-bond donors (Lipinski definition) is 2. The molecule has 1 saturated carbocycles. The topological polar surface area (TPSA) is 76.0 Å². The van der Waals surface area contributed by atoms with Crippen molar-refractivity contribution in [3.8, 4) is 5.69 Å². The number of nitrogens with one attached hydrogen (secondary N) is 2. The number of hydrogen-bond acceptors (Lipinski definition) is 3. The van der Waals surface area contributed by atoms with Crippen LogP contribution >= 0.6 is 0 Å². The number of benzene rings is 2. The maximum absolute atomic E-state index is 13.3. The van der Waals surface area contributed by atoms with Crippen LogP contribution in [-0.2, 0) is 12.8 Å². The van der Waals surface area contributed by atoms with Gasteiger partial charge in [0.15, 0.2) is 5.69 Å². The highest BCUT2D eigenvalue weighted by Crippen LogP contribution is 2.30. The van der Waals surface area contributed by atoms with Crippen LogP contribution in [0.1, 0.15) is 81.8 Å². The number of aryl methyl sites for hydroxylation is 2. The average Bonchev–Trinajstić information content (AvgIpc) is 3.44. The number of nitrogens with zero attached hydrogens (tertiary/aromatic N) is 2. The van der Waals surface area contributed by atoms with Crippen LogP contribution in [0.5, 0.6) is 0 Å². The Hall–Kier alpha value is -3.41. The number of carbonyl (C=O) groups excluding carboxylic acids is 2. The molecule has 0 bridgehead atoms. The normalized spacial score (nSPS) is 15.7. The summed E-state index contributed by atoms with van der Waals surface area (Å²) in [6, 6.07) is 13.9. The zero-order chi connectivity index (χ0) is 23.7. The molecular weight excluding hydrogens is 424 g/mol. The van der Waals surface area contributed by atoms with Gasteiger partial charge in [-0.3, -0.25) is 9.59 Å². The van der Waals surface area contributed by atoms with Crippen LogP contribution in [0.25, 0.3) is 5.69 Å². The quantitative estimate of drug-likeness (QED) is 0.548. The number of rotatable bonds is 5. The zero-order valence-corrected chi connectivity index (χ0v) is 20.0. The minimum atomic E-state index is -0.201. The third-order valence-corrected chi connectivity index (χ3v) is 7.17. The first-order valence-electron chi connectivity index (χ1n) is 12.4. The SMILES string of the molecule is Cc1cc(C(=O)NC2CCCCC2)ccc1NC(=O)c1nn(-c2ccccc2C)c2c1CCC2. The molecule has 6 heteroatoms. The smallest absolute Gasteiger partial charge is 0.276 e. The molecule has 0 spiro atoms. The standard InChI is InChI=1S/C28H32N4O2/c1-18-9-6-7-13-24(18)32-25-14-8-12-22(25)26(31-32)28(34)30-23-16-15-20(17-19(23)2)27(33)29-21-10-4-3-5-11-21/h6-7,9,13,15-17,21H,3-5,8,10-12,14H2,1-2H3,(H,29,33)(H,30,34). The van der Waals surface area contributed by atoms with E-state index in [1.807, 2.05) is 41.9 Å². The monoisotopic (exact) mass is 456 g/mol. The zero-order valence-electron chi connectivity index (χ0n) is 20.0. The summed E-state index contributed by atoms with van der Waals surface area (Å²) in [4.78, 5) is 26.0. The molecule has 176 valence electrons. The van der Waals surface area contributed by atoms with Crippen LogP contribution in [0.3, 0.4) is 0 Å². The lowest BCUT2D eigenvalue weighted by Crippen LogP contribution is -2.36. The van der Waals surface area contributed by atoms with Gasteiger partial charge in [0.05, 0.1) is 5.69 Å². The summed E-state index contributed by atoms with van der Waals surface area (Å²) in [7, 11) is 0. The van der Waals surface area contributed by atoms with Gasteiger partial charge in [-0.2, -0.15) is 5.10 Å². The molecule has 2 aromatic carbocycles. The Morgan fingerprint density at radius 2 is 1.71 bits per heavy atom. The Morgan fingerprint density at radius 3 is 2.47 bits per heavy atom. The minimum absolute atomic E-state index is 0.0392. The molecule has 2 amide bonds. The van der Waals surface area contributed by atoms with Gasteiger partial charge in [-0.05, 0) is 81.3 Å². The first-order valence-corrected chi connectivity index (χ1v) is 12.4. The Morgan fingerprint density at radius 1 is 0.912 bits per heavy atom. The number of fused-ring (bicyclic) bond motifs is 1. The molecule has 34 heavy (non-hydrogen) atoms. The molecule has 1 aromatic heterocycles. The molecule has 0 aliphatic heterocycles. The Balaban J connectivity index is 1.34. The van der Waals surface area contributed by atoms with Crippen LogP contribution in [0.15, 0.2) is 42.5 Å². The fourth-order valence-corrected chi connectivity index (χ4v) is 5.26. The van der Waals surface area contributed by atoms with E-state index in [9.17, 15) is 9.59 Å². The van der Waals surface area contributed by atoms with Gasteiger partial charge in [-0.25, -0.2) is 4.68 Å². The van der Waals surface area contributed by atoms with Crippen molar-refractivity contribution in [2.24, 2.45) is 0 Å². The van der Waals surface area contributed by atoms with Crippen LogP contribution in [0.4, 0.5) is 5.69 Å². The predicted octanol–water partition coefficient (Wildman–Crippen LogP) is 5.29. The second-order valence-corrected chi connectivity index (χ2v) is 9.62. The molecule has 2 aliphatic rings. The fourth-order valence-electron chi connectivity index (χ4n) is 5.26. The van der Waals surface area contributed by atoms with E-state index < -0.39 is 0 Å². The van der Waals surface area contributed by atoms with Gasteiger partial charge in [-0.15, -0.1) is 0 Å². The third kappa shape index (κ3) is 4.37. The first-order chi connectivity index (χ1) is 16.5. The Bertz CT molecular complexity index is 1240. The van der Waals surface area contributed by atoms with Gasteiger partial charge < -0.3 is 10.6 Å². The van der Waals surface area contributed by atoms with E-state index in [1.165, 1.54) is 19.3 Å². The van der Waals surface area contributed by atoms with E-state index in [0.717, 1.165) is 60.2 Å². The Kier molecular flexibility index (Phi) is 6.22. The minimum Gasteiger partial charge on any atom is -0.349 e. The van der Waals surface area contributed by atoms with E-state index >= 15 is 0 Å². The van der Waals surface area contributed by atoms with Crippen molar-refractivity contribution in [3.05, 3.63) is 76.1 Å². The molecule has 1 heterocycles. The molecule has 5 rings (SSSR count). The van der Waals surface area contributed by atoms with Crippen molar-refractivity contribution in [2.75, 3.05) is 5.32 Å². The van der Waals surface area contributed by atoms with Crippen molar-refractivity contribution in [3.63, 3.8) is 0 Å². The molecule has 0 saturated heterocycles. The van der Waals surface area contributed by atoms with Crippen molar-refractivity contribution < 1.29 is 9.59 Å². The summed E-state index contributed by atoms with van der Waals surface area (Å²) in [5.41, 5.74) is 7.01. The van der Waals surface area contributed by atoms with Crippen molar-refractivity contribution in [1.29, 1.82) is 0 Å². The summed E-state index contributed by atoms with van der Waals surface area (Å²) in [6.07, 6.45) is 8.54. The highest BCUT2D eigenvalue weighted by Gasteiger charge is 2.27. The summed E-state index contributed by atoms with van der Waals surface area (Å²) in [5, 5.41) is 10.9. The summed E-state index contributed by atoms with van der Waals surface area (Å²) < 4.78 is 1.94. The van der Waals surface area contributed by atoms with Crippen molar-refractivity contribution in [1.82, 2.24) is 15.1 Å². The summed E-state index contributed by atoms with van der Waals surface area (Å²) >= 11 is 0. The molecule has 0 unspecified atom stereocenters. The molecular formula is C28H32N4O2. The highest BCUT2D eigenvalue weighted by atomic mass is 16.2. The van der Waals surface area contributed by atoms with Crippen LogP contribution in [0.2, 0.25) is 0 Å². The average molecular weight is 457 g/mol. The molecule has 3 aromatic rings. The molecule has 2 aliphatic carbocycles. The van der Waals surface area contributed by atoms with Gasteiger partial charge in [0, 0.05) is 28.6 Å². The maximum atomic E-state index is 13.3. The molecule has 1 fully saturated rings. The van der Waals surface area contributed by atoms with E-state index in [4.69, 9.17) is 5.10 Å². The largest absolute Gasteiger partial charge is 0.349 e.